The van der Waals surface area contributed by atoms with Crippen LogP contribution in [-0.4, -0.2) is 19.1 Å². The van der Waals surface area contributed by atoms with Crippen LogP contribution >= 0.6 is 11.3 Å². The predicted octanol–water partition coefficient (Wildman–Crippen LogP) is 5.25. The summed E-state index contributed by atoms with van der Waals surface area (Å²) in [7, 11) is 0. The molecule has 0 saturated carbocycles. The normalized spacial score (nSPS) is 14.3. The molecule has 4 rings (SSSR count). The van der Waals surface area contributed by atoms with Gasteiger partial charge in [-0.3, -0.25) is 4.79 Å². The van der Waals surface area contributed by atoms with Crippen molar-refractivity contribution in [1.82, 2.24) is 5.32 Å². The van der Waals surface area contributed by atoms with Crippen LogP contribution in [0.4, 0.5) is 4.39 Å². The topological polar surface area (TPSA) is 47.6 Å². The number of carbonyl (C=O) groups excluding carboxylic acids is 1. The van der Waals surface area contributed by atoms with Gasteiger partial charge in [-0.15, -0.1) is 11.3 Å². The fraction of sp³-hybridized carbons (Fsp3) is 0.318. The monoisotopic (exact) mass is 399 g/mol. The van der Waals surface area contributed by atoms with Crippen LogP contribution in [0.25, 0.3) is 10.1 Å². The van der Waals surface area contributed by atoms with Gasteiger partial charge in [0.15, 0.2) is 11.5 Å². The zero-order valence-corrected chi connectivity index (χ0v) is 16.9. The molecule has 1 aliphatic rings. The van der Waals surface area contributed by atoms with E-state index in [0.29, 0.717) is 34.8 Å². The van der Waals surface area contributed by atoms with Crippen LogP contribution in [-0.2, 0) is 0 Å². The minimum absolute atomic E-state index is 0.165. The van der Waals surface area contributed by atoms with Crippen molar-refractivity contribution >= 4 is 27.3 Å². The molecule has 2 aromatic carbocycles. The van der Waals surface area contributed by atoms with Gasteiger partial charge in [-0.05, 0) is 48.2 Å². The quantitative estimate of drug-likeness (QED) is 0.652. The van der Waals surface area contributed by atoms with E-state index in [1.165, 1.54) is 17.4 Å². The third-order valence-corrected chi connectivity index (χ3v) is 6.24. The Kier molecular flexibility index (Phi) is 4.98. The van der Waals surface area contributed by atoms with Gasteiger partial charge in [0.05, 0.1) is 10.9 Å². The summed E-state index contributed by atoms with van der Waals surface area (Å²) in [5, 5.41) is 3.66. The van der Waals surface area contributed by atoms with Gasteiger partial charge in [-0.1, -0.05) is 26.0 Å². The van der Waals surface area contributed by atoms with Crippen molar-refractivity contribution in [2.24, 2.45) is 5.92 Å². The van der Waals surface area contributed by atoms with Crippen LogP contribution in [0.5, 0.6) is 11.5 Å². The lowest BCUT2D eigenvalue weighted by Crippen LogP contribution is -2.31. The smallest absolute Gasteiger partial charge is 0.262 e. The Balaban J connectivity index is 1.65. The van der Waals surface area contributed by atoms with Crippen molar-refractivity contribution < 1.29 is 18.7 Å². The highest BCUT2D eigenvalue weighted by Gasteiger charge is 2.24. The first-order valence-electron chi connectivity index (χ1n) is 9.33. The van der Waals surface area contributed by atoms with Crippen molar-refractivity contribution in [3.8, 4) is 11.5 Å². The van der Waals surface area contributed by atoms with Gasteiger partial charge in [0.25, 0.3) is 5.91 Å². The second kappa shape index (κ2) is 7.43. The molecule has 3 aromatic rings. The largest absolute Gasteiger partial charge is 0.486 e. The standard InChI is InChI=1S/C22H22FNO3S/c1-12(2)20(14-7-8-16-17(11-14)27-10-9-26-16)24-22(25)21-13(3)19-15(23)5-4-6-18(19)28-21/h4-8,11-12,20H,9-10H2,1-3H3,(H,24,25). The predicted molar refractivity (Wildman–Crippen MR) is 109 cm³/mol. The lowest BCUT2D eigenvalue weighted by molar-refractivity contribution is 0.0929. The zero-order valence-electron chi connectivity index (χ0n) is 16.0. The number of benzene rings is 2. The summed E-state index contributed by atoms with van der Waals surface area (Å²) in [5.74, 6) is 1.10. The first kappa shape index (κ1) is 18.7. The molecule has 0 saturated heterocycles. The average Bonchev–Trinajstić information content (AvgIpc) is 3.03. The Labute approximate surface area is 167 Å². The number of nitrogens with one attached hydrogen (secondary N) is 1. The number of carbonyl (C=O) groups is 1. The molecule has 6 heteroatoms. The molecule has 1 unspecified atom stereocenters. The first-order valence-corrected chi connectivity index (χ1v) is 10.2. The van der Waals surface area contributed by atoms with E-state index in [2.05, 4.69) is 19.2 Å². The lowest BCUT2D eigenvalue weighted by atomic mass is 9.95. The van der Waals surface area contributed by atoms with E-state index in [9.17, 15) is 9.18 Å². The zero-order chi connectivity index (χ0) is 19.8. The molecule has 0 bridgehead atoms. The summed E-state index contributed by atoms with van der Waals surface area (Å²) in [4.78, 5) is 13.6. The number of rotatable bonds is 4. The molecule has 0 fully saturated rings. The highest BCUT2D eigenvalue weighted by Crippen LogP contribution is 2.36. The van der Waals surface area contributed by atoms with Gasteiger partial charge in [0.1, 0.15) is 19.0 Å². The number of fused-ring (bicyclic) bond motifs is 2. The molecule has 0 radical (unpaired) electrons. The van der Waals surface area contributed by atoms with Gasteiger partial charge < -0.3 is 14.8 Å². The Morgan fingerprint density at radius 3 is 2.61 bits per heavy atom. The van der Waals surface area contributed by atoms with Crippen LogP contribution in [0.15, 0.2) is 36.4 Å². The lowest BCUT2D eigenvalue weighted by Gasteiger charge is -2.25. The Hall–Kier alpha value is -2.60. The summed E-state index contributed by atoms with van der Waals surface area (Å²) in [6.07, 6.45) is 0. The Bertz CT molecular complexity index is 1040. The Morgan fingerprint density at radius 2 is 1.89 bits per heavy atom. The second-order valence-electron chi connectivity index (χ2n) is 7.27. The summed E-state index contributed by atoms with van der Waals surface area (Å²) >= 11 is 1.32. The number of ether oxygens (including phenoxy) is 2. The molecular formula is C22H22FNO3S. The van der Waals surface area contributed by atoms with Gasteiger partial charge in [-0.2, -0.15) is 0 Å². The minimum atomic E-state index is -0.294. The van der Waals surface area contributed by atoms with E-state index in [0.717, 1.165) is 16.0 Å². The Morgan fingerprint density at radius 1 is 1.14 bits per heavy atom. The van der Waals surface area contributed by atoms with Gasteiger partial charge >= 0.3 is 0 Å². The van der Waals surface area contributed by atoms with Crippen LogP contribution in [0.3, 0.4) is 0 Å². The minimum Gasteiger partial charge on any atom is -0.486 e. The molecular weight excluding hydrogens is 377 g/mol. The number of thiophene rings is 1. The van der Waals surface area contributed by atoms with Crippen LogP contribution in [0.1, 0.15) is 40.7 Å². The number of hydrogen-bond donors (Lipinski definition) is 1. The molecule has 28 heavy (non-hydrogen) atoms. The average molecular weight is 399 g/mol. The maximum atomic E-state index is 14.2. The number of hydrogen-bond acceptors (Lipinski definition) is 4. The molecule has 4 nitrogen and oxygen atoms in total. The molecule has 0 aliphatic carbocycles. The third-order valence-electron chi connectivity index (χ3n) is 4.99. The molecule has 1 aromatic heterocycles. The SMILES string of the molecule is Cc1c(C(=O)NC(c2ccc3c(c2)OCCO3)C(C)C)sc2cccc(F)c12. The number of aryl methyl sites for hydroxylation is 1. The van der Waals surface area contributed by atoms with E-state index in [-0.39, 0.29) is 23.7 Å². The van der Waals surface area contributed by atoms with Crippen LogP contribution in [0, 0.1) is 18.7 Å². The molecule has 1 N–H and O–H groups in total. The van der Waals surface area contributed by atoms with Crippen LogP contribution in [0.2, 0.25) is 0 Å². The van der Waals surface area contributed by atoms with Gasteiger partial charge in [0, 0.05) is 10.1 Å². The van der Waals surface area contributed by atoms with Crippen molar-refractivity contribution in [3.63, 3.8) is 0 Å². The van der Waals surface area contributed by atoms with Gasteiger partial charge in [0.2, 0.25) is 0 Å². The van der Waals surface area contributed by atoms with E-state index in [4.69, 9.17) is 9.47 Å². The number of amides is 1. The molecule has 1 aliphatic heterocycles. The molecule has 0 spiro atoms. The second-order valence-corrected chi connectivity index (χ2v) is 8.32. The van der Waals surface area contributed by atoms with Gasteiger partial charge in [-0.25, -0.2) is 4.39 Å². The first-order chi connectivity index (χ1) is 13.5. The summed E-state index contributed by atoms with van der Waals surface area (Å²) in [6, 6.07) is 10.5. The van der Waals surface area contributed by atoms with E-state index >= 15 is 0 Å². The molecule has 146 valence electrons. The molecule has 1 atom stereocenters. The van der Waals surface area contributed by atoms with Crippen molar-refractivity contribution in [2.45, 2.75) is 26.8 Å². The highest BCUT2D eigenvalue weighted by atomic mass is 32.1. The summed E-state index contributed by atoms with van der Waals surface area (Å²) in [6.45, 7) is 6.96. The molecule has 2 heterocycles. The third kappa shape index (κ3) is 3.33. The van der Waals surface area contributed by atoms with E-state index < -0.39 is 0 Å². The summed E-state index contributed by atoms with van der Waals surface area (Å²) in [5.41, 5.74) is 1.64. The van der Waals surface area contributed by atoms with E-state index in [1.54, 1.807) is 13.0 Å². The molecule has 1 amide bonds. The van der Waals surface area contributed by atoms with Crippen molar-refractivity contribution in [2.75, 3.05) is 13.2 Å². The van der Waals surface area contributed by atoms with Crippen molar-refractivity contribution in [3.05, 3.63) is 58.2 Å². The fourth-order valence-corrected chi connectivity index (χ4v) is 4.69. The summed E-state index contributed by atoms with van der Waals surface area (Å²) < 4.78 is 26.2. The van der Waals surface area contributed by atoms with E-state index in [1.807, 2.05) is 24.3 Å². The maximum Gasteiger partial charge on any atom is 0.262 e. The highest BCUT2D eigenvalue weighted by molar-refractivity contribution is 7.21. The fourth-order valence-electron chi connectivity index (χ4n) is 3.57. The maximum absolute atomic E-state index is 14.2. The van der Waals surface area contributed by atoms with Crippen LogP contribution < -0.4 is 14.8 Å². The van der Waals surface area contributed by atoms with Crippen molar-refractivity contribution in [1.29, 1.82) is 0 Å². The number of halogens is 1.